The van der Waals surface area contributed by atoms with Gasteiger partial charge in [0.1, 0.15) is 5.76 Å². The molecule has 0 saturated carbocycles. The van der Waals surface area contributed by atoms with E-state index in [9.17, 15) is 5.11 Å². The van der Waals surface area contributed by atoms with E-state index in [1.54, 1.807) is 6.07 Å². The van der Waals surface area contributed by atoms with Crippen molar-refractivity contribution >= 4 is 59.1 Å². The first-order chi connectivity index (χ1) is 7.58. The molecule has 84 valence electrons. The average Bonchev–Trinajstić information content (AvgIpc) is 2.25. The van der Waals surface area contributed by atoms with E-state index in [1.165, 1.54) is 11.5 Å². The van der Waals surface area contributed by atoms with Crippen molar-refractivity contribution in [2.45, 2.75) is 0 Å². The smallest absolute Gasteiger partial charge is 0.125 e. The number of aliphatic hydroxyl groups excluding tert-OH is 1. The highest BCUT2D eigenvalue weighted by Crippen LogP contribution is 2.21. The van der Waals surface area contributed by atoms with E-state index in [-0.39, 0.29) is 5.76 Å². The molecular weight excluding hydrogens is 357 g/mol. The second kappa shape index (κ2) is 6.32. The molecule has 2 N–H and O–H groups in total. The molecular formula is C11H9ClINOS. The zero-order chi connectivity index (χ0) is 12.1. The molecule has 0 radical (unpaired) electrons. The Labute approximate surface area is 118 Å². The van der Waals surface area contributed by atoms with Crippen LogP contribution in [0, 0.1) is 8.98 Å². The van der Waals surface area contributed by atoms with Crippen molar-refractivity contribution in [2.75, 3.05) is 0 Å². The summed E-state index contributed by atoms with van der Waals surface area (Å²) in [5.41, 5.74) is 1.12. The fraction of sp³-hybridized carbons (Fsp3) is 0. The van der Waals surface area contributed by atoms with Crippen LogP contribution in [-0.4, -0.2) is 11.3 Å². The van der Waals surface area contributed by atoms with E-state index >= 15 is 0 Å². The second-order valence-electron chi connectivity index (χ2n) is 2.93. The summed E-state index contributed by atoms with van der Waals surface area (Å²) in [6.07, 6.45) is 2.57. The molecule has 0 aliphatic carbocycles. The molecule has 0 amide bonds. The third-order valence-corrected chi connectivity index (χ3v) is 3.69. The molecule has 0 atom stereocenters. The highest BCUT2D eigenvalue weighted by atomic mass is 127. The Balaban J connectivity index is 3.07. The van der Waals surface area contributed by atoms with Crippen LogP contribution < -0.4 is 0 Å². The molecule has 1 aromatic rings. The van der Waals surface area contributed by atoms with Crippen LogP contribution in [0.25, 0.3) is 6.08 Å². The van der Waals surface area contributed by atoms with Gasteiger partial charge in [-0.3, -0.25) is 0 Å². The monoisotopic (exact) mass is 365 g/mol. The predicted molar refractivity (Wildman–Crippen MR) is 80.6 cm³/mol. The molecule has 5 heteroatoms. The Bertz CT molecular complexity index is 471. The van der Waals surface area contributed by atoms with Gasteiger partial charge in [-0.1, -0.05) is 17.7 Å². The van der Waals surface area contributed by atoms with E-state index in [4.69, 9.17) is 17.0 Å². The second-order valence-corrected chi connectivity index (χ2v) is 4.76. The number of benzene rings is 1. The maximum Gasteiger partial charge on any atom is 0.125 e. The summed E-state index contributed by atoms with van der Waals surface area (Å²) in [6, 6.07) is 5.44. The number of thiol groups is 1. The highest BCUT2D eigenvalue weighted by Gasteiger charge is 2.01. The molecule has 0 spiro atoms. The zero-order valence-corrected chi connectivity index (χ0v) is 11.9. The standard InChI is InChI=1S/C11H9ClINOS/c12-9-3-7(1-2-10(9)13)4-11(15)8(5-14)6-16/h1-6,14-16H/b8-6-,11-4-,14-5?. The summed E-state index contributed by atoms with van der Waals surface area (Å²) in [5, 5.41) is 18.7. The van der Waals surface area contributed by atoms with E-state index < -0.39 is 0 Å². The lowest BCUT2D eigenvalue weighted by molar-refractivity contribution is 0.434. The van der Waals surface area contributed by atoms with Crippen LogP contribution in [0.5, 0.6) is 0 Å². The molecule has 0 unspecified atom stereocenters. The topological polar surface area (TPSA) is 44.1 Å². The number of hydrogen-bond donors (Lipinski definition) is 3. The summed E-state index contributed by atoms with van der Waals surface area (Å²) < 4.78 is 0.952. The molecule has 0 saturated heterocycles. The van der Waals surface area contributed by atoms with Gasteiger partial charge in [0.25, 0.3) is 0 Å². The maximum absolute atomic E-state index is 9.67. The van der Waals surface area contributed by atoms with Crippen LogP contribution in [0.15, 0.2) is 34.9 Å². The number of rotatable bonds is 3. The summed E-state index contributed by atoms with van der Waals surface area (Å²) in [4.78, 5) is 0. The van der Waals surface area contributed by atoms with Gasteiger partial charge in [0.05, 0.1) is 5.02 Å². The molecule has 1 aromatic carbocycles. The minimum absolute atomic E-state index is 0.0118. The Morgan fingerprint density at radius 2 is 2.19 bits per heavy atom. The lowest BCUT2D eigenvalue weighted by Gasteiger charge is -2.01. The van der Waals surface area contributed by atoms with Crippen molar-refractivity contribution in [3.63, 3.8) is 0 Å². The number of hydrogen-bond acceptors (Lipinski definition) is 3. The summed E-state index contributed by atoms with van der Waals surface area (Å²) in [7, 11) is 0. The van der Waals surface area contributed by atoms with Crippen molar-refractivity contribution in [1.82, 2.24) is 0 Å². The number of halogens is 2. The van der Waals surface area contributed by atoms with Crippen LogP contribution in [0.3, 0.4) is 0 Å². The maximum atomic E-state index is 9.67. The van der Waals surface area contributed by atoms with Crippen LogP contribution in [0.4, 0.5) is 0 Å². The minimum Gasteiger partial charge on any atom is -0.507 e. The first kappa shape index (κ1) is 13.6. The van der Waals surface area contributed by atoms with Gasteiger partial charge < -0.3 is 10.5 Å². The lowest BCUT2D eigenvalue weighted by Crippen LogP contribution is -1.89. The highest BCUT2D eigenvalue weighted by molar-refractivity contribution is 14.1. The fourth-order valence-electron chi connectivity index (χ4n) is 1.02. The average molecular weight is 366 g/mol. The van der Waals surface area contributed by atoms with E-state index in [0.717, 1.165) is 15.3 Å². The molecule has 16 heavy (non-hydrogen) atoms. The Kier molecular flexibility index (Phi) is 5.37. The van der Waals surface area contributed by atoms with Crippen LogP contribution >= 0.6 is 46.8 Å². The van der Waals surface area contributed by atoms with Crippen molar-refractivity contribution in [1.29, 1.82) is 5.41 Å². The Morgan fingerprint density at radius 3 is 2.69 bits per heavy atom. The molecule has 2 nitrogen and oxygen atoms in total. The van der Waals surface area contributed by atoms with Gasteiger partial charge in [-0.05, 0) is 51.8 Å². The zero-order valence-electron chi connectivity index (χ0n) is 8.11. The van der Waals surface area contributed by atoms with Crippen LogP contribution in [-0.2, 0) is 0 Å². The molecule has 1 rings (SSSR count). The van der Waals surface area contributed by atoms with Gasteiger partial charge in [0, 0.05) is 15.4 Å². The van der Waals surface area contributed by atoms with Gasteiger partial charge in [0.15, 0.2) is 0 Å². The number of allylic oxidation sites excluding steroid dienone is 1. The predicted octanol–water partition coefficient (Wildman–Crippen LogP) is 4.31. The molecule has 0 bridgehead atoms. The van der Waals surface area contributed by atoms with Gasteiger partial charge in [-0.15, -0.1) is 0 Å². The van der Waals surface area contributed by atoms with Gasteiger partial charge in [-0.25, -0.2) is 0 Å². The molecule has 0 aromatic heterocycles. The van der Waals surface area contributed by atoms with Crippen molar-refractivity contribution in [2.24, 2.45) is 0 Å². The van der Waals surface area contributed by atoms with Gasteiger partial charge >= 0.3 is 0 Å². The molecule has 0 aliphatic heterocycles. The lowest BCUT2D eigenvalue weighted by atomic mass is 10.1. The SMILES string of the molecule is N=CC(=C/S)/C(O)=C/c1ccc(I)c(Cl)c1. The van der Waals surface area contributed by atoms with Crippen molar-refractivity contribution < 1.29 is 5.11 Å². The molecule has 0 fully saturated rings. The number of aliphatic hydroxyl groups is 1. The van der Waals surface area contributed by atoms with Crippen LogP contribution in [0.2, 0.25) is 5.02 Å². The first-order valence-corrected chi connectivity index (χ1v) is 6.26. The van der Waals surface area contributed by atoms with E-state index in [0.29, 0.717) is 10.6 Å². The van der Waals surface area contributed by atoms with E-state index in [1.807, 2.05) is 12.1 Å². The molecule has 0 heterocycles. The van der Waals surface area contributed by atoms with Crippen LogP contribution in [0.1, 0.15) is 5.56 Å². The van der Waals surface area contributed by atoms with Gasteiger partial charge in [-0.2, -0.15) is 12.6 Å². The minimum atomic E-state index is -0.0118. The van der Waals surface area contributed by atoms with E-state index in [2.05, 4.69) is 35.2 Å². The number of nitrogens with one attached hydrogen (secondary N) is 1. The van der Waals surface area contributed by atoms with Crippen molar-refractivity contribution in [3.8, 4) is 0 Å². The van der Waals surface area contributed by atoms with Gasteiger partial charge in [0.2, 0.25) is 0 Å². The first-order valence-electron chi connectivity index (χ1n) is 4.29. The normalized spacial score (nSPS) is 12.7. The largest absolute Gasteiger partial charge is 0.507 e. The Hall–Kier alpha value is -0.460. The summed E-state index contributed by atoms with van der Waals surface area (Å²) >= 11 is 12.0. The quantitative estimate of drug-likeness (QED) is 0.241. The third kappa shape index (κ3) is 3.54. The third-order valence-electron chi connectivity index (χ3n) is 1.84. The summed E-state index contributed by atoms with van der Waals surface area (Å²) in [6.45, 7) is 0. The van der Waals surface area contributed by atoms with Crippen molar-refractivity contribution in [3.05, 3.63) is 49.1 Å². The Morgan fingerprint density at radius 1 is 1.50 bits per heavy atom. The molecule has 0 aliphatic rings. The summed E-state index contributed by atoms with van der Waals surface area (Å²) in [5.74, 6) is -0.0118. The fourth-order valence-corrected chi connectivity index (χ4v) is 1.75.